The number of guanidine groups is 1. The number of hydrogen-bond acceptors (Lipinski definition) is 3. The number of piperazine rings is 1. The summed E-state index contributed by atoms with van der Waals surface area (Å²) in [5.41, 5.74) is 2.26. The second-order valence-electron chi connectivity index (χ2n) is 7.25. The molecule has 1 aliphatic heterocycles. The van der Waals surface area contributed by atoms with E-state index in [4.69, 9.17) is 4.99 Å². The van der Waals surface area contributed by atoms with Crippen molar-refractivity contribution in [1.82, 2.24) is 19.6 Å². The molecule has 31 heavy (non-hydrogen) atoms. The molecule has 0 radical (unpaired) electrons. The van der Waals surface area contributed by atoms with Crippen molar-refractivity contribution in [3.05, 3.63) is 66.1 Å². The molecule has 1 N–H and O–H groups in total. The van der Waals surface area contributed by atoms with Gasteiger partial charge in [-0.25, -0.2) is 13.8 Å². The first-order valence-corrected chi connectivity index (χ1v) is 10.3. The van der Waals surface area contributed by atoms with E-state index < -0.39 is 11.6 Å². The molecule has 0 spiro atoms. The van der Waals surface area contributed by atoms with E-state index in [1.165, 1.54) is 12.1 Å². The molecule has 166 valence electrons. The Morgan fingerprint density at radius 1 is 1.13 bits per heavy atom. The standard InChI is InChI=1S/C22H26F2N6.HI/c1-2-25-22(26-9-8-18-16-30-10-4-3-5-21(30)27-18)29-13-11-28(12-14-29)20-15-17(23)6-7-19(20)24;/h3-7,10,15-16H,2,8-9,11-14H2,1H3,(H,25,26);1H. The van der Waals surface area contributed by atoms with E-state index in [2.05, 4.69) is 15.2 Å². The van der Waals surface area contributed by atoms with Gasteiger partial charge in [0.25, 0.3) is 0 Å². The van der Waals surface area contributed by atoms with Gasteiger partial charge in [0.05, 0.1) is 11.4 Å². The fourth-order valence-electron chi connectivity index (χ4n) is 3.70. The molecule has 6 nitrogen and oxygen atoms in total. The Morgan fingerprint density at radius 2 is 1.94 bits per heavy atom. The zero-order valence-corrected chi connectivity index (χ0v) is 19.8. The van der Waals surface area contributed by atoms with Crippen LogP contribution in [0.1, 0.15) is 12.6 Å². The van der Waals surface area contributed by atoms with Crippen LogP contribution in [0, 0.1) is 11.6 Å². The first-order valence-electron chi connectivity index (χ1n) is 10.3. The summed E-state index contributed by atoms with van der Waals surface area (Å²) in [5.74, 6) is 0.0363. The minimum atomic E-state index is -0.421. The summed E-state index contributed by atoms with van der Waals surface area (Å²) in [6.07, 6.45) is 4.77. The van der Waals surface area contributed by atoms with Crippen LogP contribution in [-0.2, 0) is 6.42 Å². The van der Waals surface area contributed by atoms with Crippen LogP contribution in [0.3, 0.4) is 0 Å². The van der Waals surface area contributed by atoms with E-state index in [1.807, 2.05) is 46.8 Å². The lowest BCUT2D eigenvalue weighted by Crippen LogP contribution is -2.52. The second kappa shape index (κ2) is 10.7. The molecule has 1 fully saturated rings. The number of imidazole rings is 1. The normalized spacial score (nSPS) is 14.6. The quantitative estimate of drug-likeness (QED) is 0.306. The van der Waals surface area contributed by atoms with Gasteiger partial charge in [-0.15, -0.1) is 24.0 Å². The van der Waals surface area contributed by atoms with E-state index in [9.17, 15) is 8.78 Å². The van der Waals surface area contributed by atoms with Gasteiger partial charge in [0, 0.05) is 64.1 Å². The highest BCUT2D eigenvalue weighted by Gasteiger charge is 2.22. The van der Waals surface area contributed by atoms with Crippen LogP contribution >= 0.6 is 24.0 Å². The molecule has 1 aliphatic rings. The van der Waals surface area contributed by atoms with Crippen molar-refractivity contribution in [2.24, 2.45) is 4.99 Å². The van der Waals surface area contributed by atoms with Crippen molar-refractivity contribution in [2.75, 3.05) is 44.2 Å². The number of rotatable bonds is 5. The molecule has 0 aliphatic carbocycles. The highest BCUT2D eigenvalue weighted by Crippen LogP contribution is 2.22. The number of pyridine rings is 1. The summed E-state index contributed by atoms with van der Waals surface area (Å²) in [5, 5.41) is 3.34. The third-order valence-electron chi connectivity index (χ3n) is 5.21. The number of fused-ring (bicyclic) bond motifs is 1. The van der Waals surface area contributed by atoms with Crippen LogP contribution < -0.4 is 10.2 Å². The highest BCUT2D eigenvalue weighted by atomic mass is 127. The topological polar surface area (TPSA) is 48.2 Å². The van der Waals surface area contributed by atoms with Crippen LogP contribution in [0.2, 0.25) is 0 Å². The lowest BCUT2D eigenvalue weighted by molar-refractivity contribution is 0.370. The number of aromatic nitrogens is 2. The molecule has 3 aromatic rings. The van der Waals surface area contributed by atoms with Crippen molar-refractivity contribution < 1.29 is 8.78 Å². The zero-order valence-electron chi connectivity index (χ0n) is 17.5. The smallest absolute Gasteiger partial charge is 0.194 e. The van der Waals surface area contributed by atoms with Crippen LogP contribution in [0.25, 0.3) is 5.65 Å². The summed E-state index contributed by atoms with van der Waals surface area (Å²) in [6, 6.07) is 9.53. The maximum absolute atomic E-state index is 14.1. The maximum atomic E-state index is 14.1. The largest absolute Gasteiger partial charge is 0.366 e. The van der Waals surface area contributed by atoms with E-state index >= 15 is 0 Å². The number of hydrogen-bond donors (Lipinski definition) is 1. The molecule has 0 unspecified atom stereocenters. The summed E-state index contributed by atoms with van der Waals surface area (Å²) in [6.45, 7) is 6.04. The molecule has 0 atom stereocenters. The summed E-state index contributed by atoms with van der Waals surface area (Å²) in [7, 11) is 0. The maximum Gasteiger partial charge on any atom is 0.194 e. The Hall–Kier alpha value is -2.43. The molecule has 0 saturated carbocycles. The molecule has 3 heterocycles. The molecule has 0 amide bonds. The third-order valence-corrected chi connectivity index (χ3v) is 5.21. The van der Waals surface area contributed by atoms with Crippen molar-refractivity contribution in [2.45, 2.75) is 13.3 Å². The van der Waals surface area contributed by atoms with Gasteiger partial charge in [-0.1, -0.05) is 6.07 Å². The van der Waals surface area contributed by atoms with Crippen LogP contribution in [0.15, 0.2) is 53.8 Å². The van der Waals surface area contributed by atoms with Crippen molar-refractivity contribution in [3.63, 3.8) is 0 Å². The molecular formula is C22H27F2IN6. The fraction of sp³-hybridized carbons (Fsp3) is 0.364. The van der Waals surface area contributed by atoms with Crippen molar-refractivity contribution in [3.8, 4) is 0 Å². The van der Waals surface area contributed by atoms with Crippen molar-refractivity contribution in [1.29, 1.82) is 0 Å². The number of benzene rings is 1. The monoisotopic (exact) mass is 540 g/mol. The van der Waals surface area contributed by atoms with Gasteiger partial charge in [0.15, 0.2) is 5.96 Å². The predicted octanol–water partition coefficient (Wildman–Crippen LogP) is 3.56. The van der Waals surface area contributed by atoms with E-state index in [-0.39, 0.29) is 24.0 Å². The first-order chi connectivity index (χ1) is 14.6. The number of nitrogens with one attached hydrogen (secondary N) is 1. The van der Waals surface area contributed by atoms with Crippen LogP contribution in [0.5, 0.6) is 0 Å². The predicted molar refractivity (Wildman–Crippen MR) is 130 cm³/mol. The SMILES string of the molecule is CCNC(=NCCc1cn2ccccc2n1)N1CCN(c2cc(F)ccc2F)CC1.I. The minimum Gasteiger partial charge on any atom is -0.366 e. The number of anilines is 1. The third kappa shape index (κ3) is 5.63. The van der Waals surface area contributed by atoms with Gasteiger partial charge in [0.2, 0.25) is 0 Å². The Balaban J connectivity index is 0.00000272. The van der Waals surface area contributed by atoms with E-state index in [1.54, 1.807) is 0 Å². The van der Waals surface area contributed by atoms with Crippen molar-refractivity contribution >= 4 is 41.3 Å². The Morgan fingerprint density at radius 3 is 2.68 bits per heavy atom. The van der Waals surface area contributed by atoms with Gasteiger partial charge in [-0.2, -0.15) is 0 Å². The van der Waals surface area contributed by atoms with Gasteiger partial charge in [0.1, 0.15) is 17.3 Å². The van der Waals surface area contributed by atoms with Gasteiger partial charge >= 0.3 is 0 Å². The van der Waals surface area contributed by atoms with Crippen LogP contribution in [0.4, 0.5) is 14.5 Å². The average molecular weight is 540 g/mol. The molecule has 9 heteroatoms. The number of halogens is 3. The molecule has 2 aromatic heterocycles. The molecular weight excluding hydrogens is 513 g/mol. The summed E-state index contributed by atoms with van der Waals surface area (Å²) < 4.78 is 29.6. The lowest BCUT2D eigenvalue weighted by Gasteiger charge is -2.37. The summed E-state index contributed by atoms with van der Waals surface area (Å²) in [4.78, 5) is 13.4. The minimum absolute atomic E-state index is 0. The van der Waals surface area contributed by atoms with Gasteiger partial charge in [-0.05, 0) is 31.2 Å². The Kier molecular flexibility index (Phi) is 8.05. The first kappa shape index (κ1) is 23.2. The molecule has 1 saturated heterocycles. The number of nitrogens with zero attached hydrogens (tertiary/aromatic N) is 5. The fourth-order valence-corrected chi connectivity index (χ4v) is 3.70. The van der Waals surface area contributed by atoms with Crippen LogP contribution in [-0.4, -0.2) is 59.5 Å². The Bertz CT molecular complexity index is 997. The number of aliphatic imine (C=N–C) groups is 1. The summed E-state index contributed by atoms with van der Waals surface area (Å²) >= 11 is 0. The molecule has 1 aromatic carbocycles. The highest BCUT2D eigenvalue weighted by molar-refractivity contribution is 14.0. The second-order valence-corrected chi connectivity index (χ2v) is 7.25. The van der Waals surface area contributed by atoms with Gasteiger partial charge in [-0.3, -0.25) is 4.99 Å². The van der Waals surface area contributed by atoms with Gasteiger partial charge < -0.3 is 19.5 Å². The Labute approximate surface area is 198 Å². The molecule has 4 rings (SSSR count). The van der Waals surface area contributed by atoms with E-state index in [0.717, 1.165) is 36.3 Å². The van der Waals surface area contributed by atoms with E-state index in [0.29, 0.717) is 38.4 Å². The average Bonchev–Trinajstić information content (AvgIpc) is 3.18. The zero-order chi connectivity index (χ0) is 20.9. The molecule has 0 bridgehead atoms. The lowest BCUT2D eigenvalue weighted by atomic mass is 10.2.